The maximum absolute atomic E-state index is 4.54. The van der Waals surface area contributed by atoms with E-state index in [-0.39, 0.29) is 23.5 Å². The van der Waals surface area contributed by atoms with Gasteiger partial charge in [0.1, 0.15) is 0 Å². The lowest BCUT2D eigenvalue weighted by Gasteiger charge is -2.29. The second kappa shape index (κ2) is 8.43. The van der Waals surface area contributed by atoms with Crippen LogP contribution >= 0.6 is 11.8 Å². The number of thioether (sulfide) groups is 1. The minimum Gasteiger partial charge on any atom is -0.380 e. The highest BCUT2D eigenvalue weighted by molar-refractivity contribution is 7.99. The fraction of sp³-hybridized carbons (Fsp3) is 0.474. The summed E-state index contributed by atoms with van der Waals surface area (Å²) in [6, 6.07) is 0.317. The summed E-state index contributed by atoms with van der Waals surface area (Å²) in [6.45, 7) is 6.16. The first-order valence-corrected chi connectivity index (χ1v) is 10.2. The van der Waals surface area contributed by atoms with Crippen LogP contribution < -0.4 is 16.1 Å². The molecule has 6 heteroatoms. The molecule has 0 saturated heterocycles. The predicted molar refractivity (Wildman–Crippen MR) is 109 cm³/mol. The summed E-state index contributed by atoms with van der Waals surface area (Å²) in [6.07, 6.45) is 18.0. The Kier molecular flexibility index (Phi) is 6.02. The Morgan fingerprint density at radius 3 is 2.88 bits per heavy atom. The summed E-state index contributed by atoms with van der Waals surface area (Å²) in [5.74, 6) is 0.238. The van der Waals surface area contributed by atoms with E-state index in [4.69, 9.17) is 0 Å². The molecular weight excluding hydrogens is 330 g/mol. The van der Waals surface area contributed by atoms with Crippen LogP contribution in [0.2, 0.25) is 0 Å². The van der Waals surface area contributed by atoms with Crippen LogP contribution in [0.3, 0.4) is 0 Å². The van der Waals surface area contributed by atoms with Gasteiger partial charge in [0, 0.05) is 36.3 Å². The zero-order chi connectivity index (χ0) is 17.6. The Bertz CT molecular complexity index is 646. The first-order chi connectivity index (χ1) is 12.3. The number of nitrogens with zero attached hydrogens (tertiary/aromatic N) is 2. The molecule has 3 heterocycles. The van der Waals surface area contributed by atoms with Gasteiger partial charge in [-0.25, -0.2) is 0 Å². The molecule has 134 valence electrons. The molecule has 0 spiro atoms. The normalized spacial score (nSPS) is 30.6. The van der Waals surface area contributed by atoms with Gasteiger partial charge in [0.05, 0.1) is 12.1 Å². The first kappa shape index (κ1) is 17.9. The van der Waals surface area contributed by atoms with Crippen LogP contribution in [0.25, 0.3) is 0 Å². The van der Waals surface area contributed by atoms with E-state index in [0.29, 0.717) is 0 Å². The summed E-state index contributed by atoms with van der Waals surface area (Å²) in [5.41, 5.74) is 7.12. The summed E-state index contributed by atoms with van der Waals surface area (Å²) in [7, 11) is 0. The topological polar surface area (TPSA) is 60.8 Å². The summed E-state index contributed by atoms with van der Waals surface area (Å²) in [4.78, 5) is 4.54. The van der Waals surface area contributed by atoms with E-state index in [1.807, 2.05) is 18.5 Å². The minimum atomic E-state index is 0.121. The average molecular weight is 358 g/mol. The van der Waals surface area contributed by atoms with Gasteiger partial charge < -0.3 is 16.1 Å². The zero-order valence-corrected chi connectivity index (χ0v) is 15.7. The molecule has 4 unspecified atom stereocenters. The molecule has 3 aliphatic rings. The third kappa shape index (κ3) is 4.00. The van der Waals surface area contributed by atoms with Crippen LogP contribution in [-0.2, 0) is 0 Å². The van der Waals surface area contributed by atoms with Crippen LogP contribution in [0.5, 0.6) is 0 Å². The summed E-state index contributed by atoms with van der Waals surface area (Å²) >= 11 is 1.69. The number of hydrogen-bond donors (Lipinski definition) is 3. The lowest BCUT2D eigenvalue weighted by molar-refractivity contribution is 0.596. The molecule has 3 rings (SSSR count). The molecule has 0 aromatic rings. The van der Waals surface area contributed by atoms with Gasteiger partial charge >= 0.3 is 0 Å². The van der Waals surface area contributed by atoms with Gasteiger partial charge in [0.15, 0.2) is 5.50 Å². The van der Waals surface area contributed by atoms with Gasteiger partial charge in [-0.2, -0.15) is 5.10 Å². The van der Waals surface area contributed by atoms with E-state index in [1.54, 1.807) is 11.8 Å². The van der Waals surface area contributed by atoms with E-state index in [9.17, 15) is 0 Å². The molecule has 3 N–H and O–H groups in total. The van der Waals surface area contributed by atoms with Gasteiger partial charge in [0.2, 0.25) is 0 Å². The van der Waals surface area contributed by atoms with Gasteiger partial charge in [-0.15, -0.1) is 18.3 Å². The van der Waals surface area contributed by atoms with Gasteiger partial charge in [-0.05, 0) is 30.2 Å². The molecule has 3 aliphatic heterocycles. The molecule has 0 aliphatic carbocycles. The van der Waals surface area contributed by atoms with E-state index in [2.05, 4.69) is 64.4 Å². The average Bonchev–Trinajstić information content (AvgIpc) is 3.14. The van der Waals surface area contributed by atoms with E-state index in [0.717, 1.165) is 12.0 Å². The Morgan fingerprint density at radius 2 is 2.20 bits per heavy atom. The zero-order valence-electron chi connectivity index (χ0n) is 14.9. The number of unbranched alkanes of at least 4 members (excludes halogenated alkanes) is 1. The number of nitrogens with one attached hydrogen (secondary N) is 3. The van der Waals surface area contributed by atoms with Crippen LogP contribution in [0.4, 0.5) is 0 Å². The second-order valence-electron chi connectivity index (χ2n) is 6.41. The number of allylic oxidation sites excluding steroid dienone is 1. The van der Waals surface area contributed by atoms with Crippen molar-refractivity contribution >= 4 is 24.2 Å². The van der Waals surface area contributed by atoms with Gasteiger partial charge in [-0.3, -0.25) is 4.99 Å². The third-order valence-corrected chi connectivity index (χ3v) is 5.45. The van der Waals surface area contributed by atoms with Crippen molar-refractivity contribution < 1.29 is 0 Å². The smallest absolute Gasteiger partial charge is 0.165 e. The van der Waals surface area contributed by atoms with Crippen LogP contribution in [0, 0.1) is 5.92 Å². The van der Waals surface area contributed by atoms with Crippen molar-refractivity contribution in [3.05, 3.63) is 47.9 Å². The van der Waals surface area contributed by atoms with Gasteiger partial charge in [-0.1, -0.05) is 25.5 Å². The summed E-state index contributed by atoms with van der Waals surface area (Å²) in [5, 5.41) is 11.1. The monoisotopic (exact) mass is 357 g/mol. The quantitative estimate of drug-likeness (QED) is 0.613. The van der Waals surface area contributed by atoms with Crippen molar-refractivity contribution in [2.45, 2.75) is 43.8 Å². The molecule has 5 nitrogen and oxygen atoms in total. The highest BCUT2D eigenvalue weighted by Crippen LogP contribution is 2.31. The Labute approximate surface area is 154 Å². The fourth-order valence-corrected chi connectivity index (χ4v) is 3.66. The molecule has 0 aromatic heterocycles. The van der Waals surface area contributed by atoms with Crippen molar-refractivity contribution in [1.82, 2.24) is 16.1 Å². The van der Waals surface area contributed by atoms with Crippen LogP contribution in [-0.4, -0.2) is 36.3 Å². The van der Waals surface area contributed by atoms with E-state index in [1.165, 1.54) is 24.0 Å². The Balaban J connectivity index is 1.79. The van der Waals surface area contributed by atoms with Gasteiger partial charge in [0.25, 0.3) is 0 Å². The molecule has 0 fully saturated rings. The van der Waals surface area contributed by atoms with Crippen molar-refractivity contribution in [3.8, 4) is 0 Å². The first-order valence-electron chi connectivity index (χ1n) is 8.87. The lowest BCUT2D eigenvalue weighted by atomic mass is 9.83. The molecule has 0 amide bonds. The fourth-order valence-electron chi connectivity index (χ4n) is 3.27. The Morgan fingerprint density at radius 1 is 1.32 bits per heavy atom. The van der Waals surface area contributed by atoms with Crippen molar-refractivity contribution in [2.75, 3.05) is 6.26 Å². The molecule has 25 heavy (non-hydrogen) atoms. The molecule has 0 saturated carbocycles. The molecule has 4 atom stereocenters. The highest BCUT2D eigenvalue weighted by Gasteiger charge is 2.29. The number of rotatable bonds is 7. The van der Waals surface area contributed by atoms with Crippen molar-refractivity contribution in [1.29, 1.82) is 0 Å². The molecule has 0 aromatic carbocycles. The number of hydrogen-bond acceptors (Lipinski definition) is 6. The summed E-state index contributed by atoms with van der Waals surface area (Å²) < 4.78 is 0. The lowest BCUT2D eigenvalue weighted by Crippen LogP contribution is -2.36. The Hall–Kier alpha value is -1.95. The minimum absolute atomic E-state index is 0.121. The SMILES string of the molecule is C=CC1NN=CC1C1=CNC(C2=CNC(SC)N=C2)C=C1CCCC. The maximum atomic E-state index is 4.54. The number of hydrazone groups is 1. The molecular formula is C19H27N5S. The molecule has 0 bridgehead atoms. The number of aliphatic imine (C=N–C) groups is 1. The van der Waals surface area contributed by atoms with E-state index < -0.39 is 0 Å². The standard InChI is InChI=1S/C19H27N5S/c1-4-6-7-13-8-18(14-9-21-19(25-3)22-10-14)20-11-15(13)16-12-23-24-17(16)5-2/h5,8-12,16-21,24H,2,4,6-7H2,1,3H3. The van der Waals surface area contributed by atoms with Crippen LogP contribution in [0.1, 0.15) is 26.2 Å². The third-order valence-electron chi connectivity index (χ3n) is 4.75. The van der Waals surface area contributed by atoms with Crippen LogP contribution in [0.15, 0.2) is 57.9 Å². The second-order valence-corrected chi connectivity index (χ2v) is 7.33. The number of dihydropyridines is 1. The maximum Gasteiger partial charge on any atom is 0.165 e. The molecule has 0 radical (unpaired) electrons. The predicted octanol–water partition coefficient (Wildman–Crippen LogP) is 2.92. The highest BCUT2D eigenvalue weighted by atomic mass is 32.2. The van der Waals surface area contributed by atoms with Crippen molar-refractivity contribution in [2.24, 2.45) is 16.0 Å². The van der Waals surface area contributed by atoms with Crippen molar-refractivity contribution in [3.63, 3.8) is 0 Å². The van der Waals surface area contributed by atoms with E-state index >= 15 is 0 Å². The largest absolute Gasteiger partial charge is 0.380 e.